The first kappa shape index (κ1) is 13.6. The zero-order valence-electron chi connectivity index (χ0n) is 10.7. The van der Waals surface area contributed by atoms with Gasteiger partial charge in [0.05, 0.1) is 22.9 Å². The van der Waals surface area contributed by atoms with Gasteiger partial charge in [-0.05, 0) is 18.6 Å². The molecule has 1 aromatic carbocycles. The largest absolute Gasteiger partial charge is 0.392 e. The maximum Gasteiger partial charge on any atom is 0.262 e. The maximum absolute atomic E-state index is 12.3. The minimum atomic E-state index is -3.73. The van der Waals surface area contributed by atoms with Crippen LogP contribution in [0.3, 0.4) is 0 Å². The molecule has 0 aliphatic heterocycles. The monoisotopic (exact) mass is 281 g/mol. The van der Waals surface area contributed by atoms with Crippen molar-refractivity contribution in [3.05, 3.63) is 41.7 Å². The first-order valence-electron chi connectivity index (χ1n) is 5.66. The molecule has 0 atom stereocenters. The minimum Gasteiger partial charge on any atom is -0.392 e. The number of nitrogens with one attached hydrogen (secondary N) is 1. The second-order valence-corrected chi connectivity index (χ2v) is 5.82. The maximum atomic E-state index is 12.3. The number of hydrogen-bond donors (Lipinski definition) is 2. The quantitative estimate of drug-likeness (QED) is 0.876. The van der Waals surface area contributed by atoms with Gasteiger partial charge >= 0.3 is 0 Å². The van der Waals surface area contributed by atoms with Crippen molar-refractivity contribution in [2.24, 2.45) is 7.05 Å². The number of aromatic nitrogens is 2. The number of benzene rings is 1. The number of sulfonamides is 1. The number of hydrogen-bond acceptors (Lipinski definition) is 4. The molecule has 0 spiro atoms. The standard InChI is InChI=1S/C12H15N3O3S/c1-9-11(7-15(2)13-9)14-19(17,18)12-6-4-3-5-10(12)8-16/h3-7,14,16H,8H2,1-2H3. The lowest BCUT2D eigenvalue weighted by Gasteiger charge is -2.10. The molecule has 7 heteroatoms. The van der Waals surface area contributed by atoms with Crippen LogP contribution in [0.5, 0.6) is 0 Å². The number of anilines is 1. The minimum absolute atomic E-state index is 0.0701. The molecule has 19 heavy (non-hydrogen) atoms. The van der Waals surface area contributed by atoms with Gasteiger partial charge in [0.15, 0.2) is 0 Å². The highest BCUT2D eigenvalue weighted by molar-refractivity contribution is 7.92. The zero-order chi connectivity index (χ0) is 14.0. The Balaban J connectivity index is 2.40. The molecule has 2 rings (SSSR count). The summed E-state index contributed by atoms with van der Waals surface area (Å²) in [5.74, 6) is 0. The summed E-state index contributed by atoms with van der Waals surface area (Å²) in [7, 11) is -2.01. The molecule has 0 radical (unpaired) electrons. The van der Waals surface area contributed by atoms with Crippen LogP contribution in [0.25, 0.3) is 0 Å². The topological polar surface area (TPSA) is 84.2 Å². The van der Waals surface area contributed by atoms with Crippen LogP contribution in [0.15, 0.2) is 35.4 Å². The number of rotatable bonds is 4. The van der Waals surface area contributed by atoms with Crippen molar-refractivity contribution in [1.82, 2.24) is 9.78 Å². The van der Waals surface area contributed by atoms with Gasteiger partial charge in [-0.3, -0.25) is 9.40 Å². The molecule has 0 aliphatic rings. The van der Waals surface area contributed by atoms with E-state index in [2.05, 4.69) is 9.82 Å². The van der Waals surface area contributed by atoms with Crippen LogP contribution in [-0.4, -0.2) is 23.3 Å². The molecule has 0 saturated heterocycles. The normalized spacial score (nSPS) is 11.5. The highest BCUT2D eigenvalue weighted by Gasteiger charge is 2.19. The van der Waals surface area contributed by atoms with Gasteiger partial charge in [0.25, 0.3) is 10.0 Å². The summed E-state index contributed by atoms with van der Waals surface area (Å²) < 4.78 is 28.6. The van der Waals surface area contributed by atoms with Crippen LogP contribution in [0.1, 0.15) is 11.3 Å². The molecule has 102 valence electrons. The van der Waals surface area contributed by atoms with Crippen LogP contribution in [0, 0.1) is 6.92 Å². The van der Waals surface area contributed by atoms with Gasteiger partial charge < -0.3 is 5.11 Å². The van der Waals surface area contributed by atoms with E-state index >= 15 is 0 Å². The van der Waals surface area contributed by atoms with Crippen molar-refractivity contribution in [1.29, 1.82) is 0 Å². The van der Waals surface area contributed by atoms with Gasteiger partial charge in [-0.25, -0.2) is 8.42 Å². The Bertz CT molecular complexity index is 692. The molecule has 6 nitrogen and oxygen atoms in total. The molecule has 0 amide bonds. The molecule has 0 saturated carbocycles. The molecule has 0 unspecified atom stereocenters. The second kappa shape index (κ2) is 5.02. The first-order chi connectivity index (χ1) is 8.94. The predicted molar refractivity (Wildman–Crippen MR) is 71.1 cm³/mol. The highest BCUT2D eigenvalue weighted by atomic mass is 32.2. The van der Waals surface area contributed by atoms with Gasteiger partial charge in [-0.15, -0.1) is 0 Å². The average Bonchev–Trinajstić information content (AvgIpc) is 2.67. The van der Waals surface area contributed by atoms with Crippen molar-refractivity contribution in [3.8, 4) is 0 Å². The summed E-state index contributed by atoms with van der Waals surface area (Å²) in [5.41, 5.74) is 1.37. The van der Waals surface area contributed by atoms with Gasteiger partial charge in [0, 0.05) is 13.2 Å². The van der Waals surface area contributed by atoms with E-state index in [1.165, 1.54) is 10.7 Å². The number of aryl methyl sites for hydroxylation is 2. The van der Waals surface area contributed by atoms with Gasteiger partial charge in [0.1, 0.15) is 0 Å². The summed E-state index contributed by atoms with van der Waals surface area (Å²) in [5, 5.41) is 13.3. The fourth-order valence-electron chi connectivity index (χ4n) is 1.80. The third-order valence-electron chi connectivity index (χ3n) is 2.69. The summed E-state index contributed by atoms with van der Waals surface area (Å²) in [6.45, 7) is 1.39. The van der Waals surface area contributed by atoms with E-state index in [0.717, 1.165) is 0 Å². The van der Waals surface area contributed by atoms with E-state index in [-0.39, 0.29) is 11.5 Å². The van der Waals surface area contributed by atoms with E-state index in [4.69, 9.17) is 0 Å². The third-order valence-corrected chi connectivity index (χ3v) is 4.16. The van der Waals surface area contributed by atoms with E-state index in [9.17, 15) is 13.5 Å². The molecular formula is C12H15N3O3S. The zero-order valence-corrected chi connectivity index (χ0v) is 11.5. The lowest BCUT2D eigenvalue weighted by molar-refractivity contribution is 0.278. The van der Waals surface area contributed by atoms with Crippen LogP contribution in [-0.2, 0) is 23.7 Å². The SMILES string of the molecule is Cc1nn(C)cc1NS(=O)(=O)c1ccccc1CO. The van der Waals surface area contributed by atoms with E-state index < -0.39 is 10.0 Å². The van der Waals surface area contributed by atoms with Crippen molar-refractivity contribution in [2.45, 2.75) is 18.4 Å². The third kappa shape index (κ3) is 2.77. The van der Waals surface area contributed by atoms with Gasteiger partial charge in [-0.2, -0.15) is 5.10 Å². The number of aliphatic hydroxyl groups excluding tert-OH is 1. The molecule has 1 heterocycles. The second-order valence-electron chi connectivity index (χ2n) is 4.17. The van der Waals surface area contributed by atoms with Crippen molar-refractivity contribution in [3.63, 3.8) is 0 Å². The Hall–Kier alpha value is -1.86. The van der Waals surface area contributed by atoms with Crippen LogP contribution in [0.2, 0.25) is 0 Å². The molecule has 2 N–H and O–H groups in total. The highest BCUT2D eigenvalue weighted by Crippen LogP contribution is 2.21. The van der Waals surface area contributed by atoms with E-state index in [0.29, 0.717) is 16.9 Å². The average molecular weight is 281 g/mol. The van der Waals surface area contributed by atoms with E-state index in [1.54, 1.807) is 38.4 Å². The fraction of sp³-hybridized carbons (Fsp3) is 0.250. The van der Waals surface area contributed by atoms with Crippen LogP contribution >= 0.6 is 0 Å². The molecule has 0 bridgehead atoms. The molecular weight excluding hydrogens is 266 g/mol. The fourth-order valence-corrected chi connectivity index (χ4v) is 3.13. The lowest BCUT2D eigenvalue weighted by atomic mass is 10.2. The molecule has 2 aromatic rings. The Morgan fingerprint density at radius 3 is 2.63 bits per heavy atom. The lowest BCUT2D eigenvalue weighted by Crippen LogP contribution is -2.15. The number of aliphatic hydroxyl groups is 1. The Kier molecular flexibility index (Phi) is 3.59. The van der Waals surface area contributed by atoms with Crippen LogP contribution in [0.4, 0.5) is 5.69 Å². The van der Waals surface area contributed by atoms with Crippen molar-refractivity contribution < 1.29 is 13.5 Å². The summed E-state index contributed by atoms with van der Waals surface area (Å²) in [6, 6.07) is 6.33. The van der Waals surface area contributed by atoms with Gasteiger partial charge in [0.2, 0.25) is 0 Å². The molecule has 1 aromatic heterocycles. The van der Waals surface area contributed by atoms with Crippen molar-refractivity contribution in [2.75, 3.05) is 4.72 Å². The summed E-state index contributed by atoms with van der Waals surface area (Å²) >= 11 is 0. The van der Waals surface area contributed by atoms with Crippen LogP contribution < -0.4 is 4.72 Å². The Labute approximate surface area is 111 Å². The van der Waals surface area contributed by atoms with Gasteiger partial charge in [-0.1, -0.05) is 18.2 Å². The molecule has 0 fully saturated rings. The van der Waals surface area contributed by atoms with E-state index in [1.807, 2.05) is 0 Å². The Morgan fingerprint density at radius 1 is 1.37 bits per heavy atom. The smallest absolute Gasteiger partial charge is 0.262 e. The van der Waals surface area contributed by atoms with Crippen molar-refractivity contribution >= 4 is 15.7 Å². The first-order valence-corrected chi connectivity index (χ1v) is 7.14. The number of nitrogens with zero attached hydrogens (tertiary/aromatic N) is 2. The summed E-state index contributed by atoms with van der Waals surface area (Å²) in [6.07, 6.45) is 1.59. The predicted octanol–water partition coefficient (Wildman–Crippen LogP) is 1.02. The summed E-state index contributed by atoms with van der Waals surface area (Å²) in [4.78, 5) is 0.0701. The molecule has 0 aliphatic carbocycles. The Morgan fingerprint density at radius 2 is 2.05 bits per heavy atom.